The number of fused-ring (bicyclic) bond motifs is 3. The standard InChI is InChI=1S/C17H15BrF3NO3/c1-22-14(23)8-25-9-6-12-15(13(18)7-9)10-4-2-3-5-11(10)16(12,24)17(19,20)21/h2-7,14,22-24H,8H2,1H3. The third-order valence-corrected chi connectivity index (χ3v) is 4.82. The summed E-state index contributed by atoms with van der Waals surface area (Å²) >= 11 is 3.27. The molecule has 0 saturated heterocycles. The number of rotatable bonds is 4. The van der Waals surface area contributed by atoms with E-state index in [4.69, 9.17) is 4.74 Å². The fraction of sp³-hybridized carbons (Fsp3) is 0.294. The molecule has 0 fully saturated rings. The highest BCUT2D eigenvalue weighted by Gasteiger charge is 2.61. The molecular weight excluding hydrogens is 403 g/mol. The predicted octanol–water partition coefficient (Wildman–Crippen LogP) is 3.14. The van der Waals surface area contributed by atoms with Gasteiger partial charge in [0.05, 0.1) is 0 Å². The summed E-state index contributed by atoms with van der Waals surface area (Å²) in [7, 11) is 1.52. The lowest BCUT2D eigenvalue weighted by Gasteiger charge is -2.28. The summed E-state index contributed by atoms with van der Waals surface area (Å²) in [5.41, 5.74) is -3.05. The highest BCUT2D eigenvalue weighted by atomic mass is 79.9. The molecule has 0 saturated carbocycles. The van der Waals surface area contributed by atoms with Crippen molar-refractivity contribution < 1.29 is 28.1 Å². The van der Waals surface area contributed by atoms with Gasteiger partial charge in [-0.15, -0.1) is 0 Å². The number of aliphatic hydroxyl groups is 2. The number of alkyl halides is 3. The summed E-state index contributed by atoms with van der Waals surface area (Å²) in [6.45, 7) is -0.154. The molecule has 2 atom stereocenters. The molecule has 3 N–H and O–H groups in total. The van der Waals surface area contributed by atoms with Crippen molar-refractivity contribution in [3.63, 3.8) is 0 Å². The molecule has 2 aromatic rings. The van der Waals surface area contributed by atoms with Crippen LogP contribution >= 0.6 is 15.9 Å². The topological polar surface area (TPSA) is 61.7 Å². The molecule has 0 spiro atoms. The van der Waals surface area contributed by atoms with Crippen LogP contribution in [0.1, 0.15) is 11.1 Å². The molecule has 134 valence electrons. The predicted molar refractivity (Wildman–Crippen MR) is 89.2 cm³/mol. The minimum Gasteiger partial charge on any atom is -0.489 e. The van der Waals surface area contributed by atoms with Crippen molar-refractivity contribution in [1.29, 1.82) is 0 Å². The molecule has 0 aromatic heterocycles. The monoisotopic (exact) mass is 417 g/mol. The van der Waals surface area contributed by atoms with Crippen molar-refractivity contribution in [3.8, 4) is 16.9 Å². The van der Waals surface area contributed by atoms with Crippen LogP contribution < -0.4 is 10.1 Å². The van der Waals surface area contributed by atoms with Gasteiger partial charge in [0, 0.05) is 21.2 Å². The van der Waals surface area contributed by atoms with Crippen LogP contribution in [-0.4, -0.2) is 36.3 Å². The van der Waals surface area contributed by atoms with Gasteiger partial charge in [0.1, 0.15) is 18.6 Å². The van der Waals surface area contributed by atoms with Gasteiger partial charge in [-0.2, -0.15) is 13.2 Å². The molecule has 2 unspecified atom stereocenters. The van der Waals surface area contributed by atoms with E-state index in [0.717, 1.165) is 6.07 Å². The SMILES string of the molecule is CNC(O)COc1cc(Br)c2c(c1)C(O)(C(F)(F)F)c1ccccc1-2. The van der Waals surface area contributed by atoms with E-state index in [0.29, 0.717) is 10.0 Å². The number of halogens is 4. The van der Waals surface area contributed by atoms with Crippen molar-refractivity contribution >= 4 is 15.9 Å². The zero-order valence-electron chi connectivity index (χ0n) is 13.1. The number of nitrogens with one attached hydrogen (secondary N) is 1. The Labute approximate surface area is 150 Å². The zero-order chi connectivity index (χ0) is 18.4. The Morgan fingerprint density at radius 1 is 1.24 bits per heavy atom. The number of hydrogen-bond donors (Lipinski definition) is 3. The first-order valence-electron chi connectivity index (χ1n) is 7.41. The van der Waals surface area contributed by atoms with Gasteiger partial charge in [-0.1, -0.05) is 40.2 Å². The Bertz CT molecular complexity index is 812. The van der Waals surface area contributed by atoms with Crippen LogP contribution in [-0.2, 0) is 5.60 Å². The molecule has 0 heterocycles. The molecular formula is C17H15BrF3NO3. The molecule has 1 aliphatic rings. The number of benzene rings is 2. The smallest absolute Gasteiger partial charge is 0.425 e. The van der Waals surface area contributed by atoms with Crippen LogP contribution in [0.15, 0.2) is 40.9 Å². The van der Waals surface area contributed by atoms with Gasteiger partial charge < -0.3 is 14.9 Å². The summed E-state index contributed by atoms with van der Waals surface area (Å²) in [6, 6.07) is 8.55. The van der Waals surface area contributed by atoms with Crippen LogP contribution in [0.4, 0.5) is 13.2 Å². The molecule has 2 aromatic carbocycles. The second kappa shape index (κ2) is 6.28. The molecule has 1 aliphatic carbocycles. The Kier molecular flexibility index (Phi) is 4.57. The highest BCUT2D eigenvalue weighted by molar-refractivity contribution is 9.10. The van der Waals surface area contributed by atoms with Crippen LogP contribution in [0.3, 0.4) is 0 Å². The summed E-state index contributed by atoms with van der Waals surface area (Å²) in [6.07, 6.45) is -5.87. The molecule has 0 bridgehead atoms. The van der Waals surface area contributed by atoms with Crippen LogP contribution in [0.2, 0.25) is 0 Å². The minimum absolute atomic E-state index is 0.107. The van der Waals surface area contributed by atoms with E-state index in [9.17, 15) is 23.4 Å². The molecule has 0 amide bonds. The lowest BCUT2D eigenvalue weighted by Crippen LogP contribution is -2.41. The fourth-order valence-corrected chi connectivity index (χ4v) is 3.60. The van der Waals surface area contributed by atoms with E-state index in [1.807, 2.05) is 0 Å². The van der Waals surface area contributed by atoms with Crippen molar-refractivity contribution in [1.82, 2.24) is 5.32 Å². The molecule has 3 rings (SSSR count). The zero-order valence-corrected chi connectivity index (χ0v) is 14.6. The lowest BCUT2D eigenvalue weighted by molar-refractivity contribution is -0.246. The summed E-state index contributed by atoms with van der Waals surface area (Å²) in [5, 5.41) is 22.7. The molecule has 4 nitrogen and oxygen atoms in total. The van der Waals surface area contributed by atoms with Gasteiger partial charge in [-0.25, -0.2) is 0 Å². The fourth-order valence-electron chi connectivity index (χ4n) is 2.95. The van der Waals surface area contributed by atoms with E-state index >= 15 is 0 Å². The Morgan fingerprint density at radius 2 is 1.92 bits per heavy atom. The van der Waals surface area contributed by atoms with E-state index < -0.39 is 18.0 Å². The maximum atomic E-state index is 13.8. The molecule has 8 heteroatoms. The Balaban J connectivity index is 2.16. The maximum Gasteiger partial charge on any atom is 0.425 e. The Hall–Kier alpha value is -1.61. The lowest BCUT2D eigenvalue weighted by atomic mass is 9.90. The quantitative estimate of drug-likeness (QED) is 0.668. The molecule has 25 heavy (non-hydrogen) atoms. The third-order valence-electron chi connectivity index (χ3n) is 4.19. The van der Waals surface area contributed by atoms with Gasteiger partial charge in [0.2, 0.25) is 5.60 Å². The normalized spacial score (nSPS) is 20.1. The average Bonchev–Trinajstić information content (AvgIpc) is 2.83. The van der Waals surface area contributed by atoms with Crippen LogP contribution in [0, 0.1) is 0 Å². The van der Waals surface area contributed by atoms with Gasteiger partial charge >= 0.3 is 6.18 Å². The minimum atomic E-state index is -4.91. The highest BCUT2D eigenvalue weighted by Crippen LogP contribution is 2.57. The molecule has 0 aliphatic heterocycles. The van der Waals surface area contributed by atoms with E-state index in [1.165, 1.54) is 31.3 Å². The number of aliphatic hydroxyl groups excluding tert-OH is 1. The number of likely N-dealkylation sites (N-methyl/N-ethyl adjacent to an activating group) is 1. The van der Waals surface area contributed by atoms with Crippen molar-refractivity contribution in [2.24, 2.45) is 0 Å². The molecule has 0 radical (unpaired) electrons. The maximum absolute atomic E-state index is 13.8. The van der Waals surface area contributed by atoms with Crippen LogP contribution in [0.5, 0.6) is 5.75 Å². The largest absolute Gasteiger partial charge is 0.489 e. The van der Waals surface area contributed by atoms with Gasteiger partial charge in [-0.3, -0.25) is 5.32 Å². The Morgan fingerprint density at radius 3 is 2.56 bits per heavy atom. The van der Waals surface area contributed by atoms with Crippen molar-refractivity contribution in [3.05, 3.63) is 52.0 Å². The number of ether oxygens (including phenoxy) is 1. The second-order valence-corrected chi connectivity index (χ2v) is 6.55. The third kappa shape index (κ3) is 2.83. The van der Waals surface area contributed by atoms with Crippen molar-refractivity contribution in [2.45, 2.75) is 18.0 Å². The summed E-state index contributed by atoms with van der Waals surface area (Å²) in [5.74, 6) is 0.107. The van der Waals surface area contributed by atoms with Gasteiger partial charge in [-0.05, 0) is 24.7 Å². The van der Waals surface area contributed by atoms with E-state index in [-0.39, 0.29) is 29.0 Å². The first-order valence-corrected chi connectivity index (χ1v) is 8.20. The van der Waals surface area contributed by atoms with Crippen molar-refractivity contribution in [2.75, 3.05) is 13.7 Å². The summed E-state index contributed by atoms with van der Waals surface area (Å²) in [4.78, 5) is 0. The average molecular weight is 418 g/mol. The van der Waals surface area contributed by atoms with E-state index in [1.54, 1.807) is 6.07 Å². The van der Waals surface area contributed by atoms with Gasteiger partial charge in [0.25, 0.3) is 0 Å². The van der Waals surface area contributed by atoms with Crippen LogP contribution in [0.25, 0.3) is 11.1 Å². The van der Waals surface area contributed by atoms with E-state index in [2.05, 4.69) is 21.2 Å². The summed E-state index contributed by atoms with van der Waals surface area (Å²) < 4.78 is 47.1. The first kappa shape index (κ1) is 18.2. The number of hydrogen-bond acceptors (Lipinski definition) is 4. The second-order valence-electron chi connectivity index (χ2n) is 5.70. The van der Waals surface area contributed by atoms with Gasteiger partial charge in [0.15, 0.2) is 0 Å². The first-order chi connectivity index (χ1) is 11.7.